The summed E-state index contributed by atoms with van der Waals surface area (Å²) in [4.78, 5) is 17.8. The second-order valence-corrected chi connectivity index (χ2v) is 6.82. The van der Waals surface area contributed by atoms with Gasteiger partial charge in [-0.3, -0.25) is 9.79 Å². The number of nitrogens with zero attached hydrogens (tertiary/aromatic N) is 2. The second-order valence-electron chi connectivity index (χ2n) is 6.82. The van der Waals surface area contributed by atoms with Gasteiger partial charge in [0.05, 0.1) is 13.2 Å². The van der Waals surface area contributed by atoms with Crippen LogP contribution in [0.2, 0.25) is 0 Å². The summed E-state index contributed by atoms with van der Waals surface area (Å²) in [6.07, 6.45) is 3.40. The van der Waals surface area contributed by atoms with Crippen molar-refractivity contribution in [2.45, 2.75) is 32.2 Å². The molecule has 7 heteroatoms. The van der Waals surface area contributed by atoms with Crippen molar-refractivity contribution >= 4 is 11.9 Å². The van der Waals surface area contributed by atoms with E-state index in [9.17, 15) is 4.79 Å². The smallest absolute Gasteiger partial charge is 0.217 e. The molecule has 3 rings (SSSR count). The van der Waals surface area contributed by atoms with Gasteiger partial charge in [-0.25, -0.2) is 0 Å². The lowest BCUT2D eigenvalue weighted by molar-refractivity contribution is -0.119. The van der Waals surface area contributed by atoms with Crippen molar-refractivity contribution in [3.05, 3.63) is 23.8 Å². The van der Waals surface area contributed by atoms with E-state index < -0.39 is 0 Å². The van der Waals surface area contributed by atoms with Gasteiger partial charge in [0.2, 0.25) is 5.91 Å². The number of aliphatic imine (C=N–C) groups is 1. The van der Waals surface area contributed by atoms with Crippen LogP contribution in [0.1, 0.15) is 31.2 Å². The molecule has 1 aromatic rings. The predicted molar refractivity (Wildman–Crippen MR) is 100 cm³/mol. The molecule has 2 aliphatic heterocycles. The van der Waals surface area contributed by atoms with Crippen LogP contribution in [0.5, 0.6) is 11.5 Å². The number of primary amides is 1. The quantitative estimate of drug-likeness (QED) is 0.628. The molecule has 0 saturated carbocycles. The summed E-state index contributed by atoms with van der Waals surface area (Å²) in [6, 6.07) is 5.97. The van der Waals surface area contributed by atoms with Crippen molar-refractivity contribution in [3.8, 4) is 11.5 Å². The van der Waals surface area contributed by atoms with Crippen molar-refractivity contribution in [1.29, 1.82) is 0 Å². The van der Waals surface area contributed by atoms with E-state index in [2.05, 4.69) is 15.2 Å². The molecule has 3 N–H and O–H groups in total. The normalized spacial score (nSPS) is 20.4. The molecule has 1 amide bonds. The minimum atomic E-state index is -0.232. The van der Waals surface area contributed by atoms with Crippen LogP contribution >= 0.6 is 0 Å². The molecule has 7 nitrogen and oxygen atoms in total. The standard InChI is InChI=1S/C19H28N4O3/c1-21-19(23-8-3-5-14(13-23)11-17(20)24)22-12-15-6-2-7-16-18(15)26-10-4-9-25-16/h2,6-7,14H,3-5,8-13H2,1H3,(H2,20,24)(H,21,22). The zero-order valence-corrected chi connectivity index (χ0v) is 15.4. The average molecular weight is 360 g/mol. The number of hydrogen-bond acceptors (Lipinski definition) is 4. The molecule has 26 heavy (non-hydrogen) atoms. The summed E-state index contributed by atoms with van der Waals surface area (Å²) >= 11 is 0. The zero-order chi connectivity index (χ0) is 18.4. The van der Waals surface area contributed by atoms with Crippen molar-refractivity contribution in [2.24, 2.45) is 16.6 Å². The molecule has 2 aliphatic rings. The molecule has 1 atom stereocenters. The van der Waals surface area contributed by atoms with Gasteiger partial charge in [0.25, 0.3) is 0 Å². The van der Waals surface area contributed by atoms with Crippen LogP contribution in [0.15, 0.2) is 23.2 Å². The number of amides is 1. The molecule has 2 heterocycles. The Kier molecular flexibility index (Phi) is 6.20. The lowest BCUT2D eigenvalue weighted by Gasteiger charge is -2.34. The van der Waals surface area contributed by atoms with Gasteiger partial charge in [0.1, 0.15) is 0 Å². The van der Waals surface area contributed by atoms with Crippen LogP contribution in [-0.4, -0.2) is 50.1 Å². The molecule has 1 saturated heterocycles. The summed E-state index contributed by atoms with van der Waals surface area (Å²) in [7, 11) is 1.78. The molecule has 0 aromatic heterocycles. The van der Waals surface area contributed by atoms with Gasteiger partial charge in [0, 0.05) is 45.1 Å². The highest BCUT2D eigenvalue weighted by Gasteiger charge is 2.24. The summed E-state index contributed by atoms with van der Waals surface area (Å²) < 4.78 is 11.6. The fourth-order valence-corrected chi connectivity index (χ4v) is 3.61. The second kappa shape index (κ2) is 8.78. The maximum atomic E-state index is 11.2. The fourth-order valence-electron chi connectivity index (χ4n) is 3.61. The number of hydrogen-bond donors (Lipinski definition) is 2. The summed E-state index contributed by atoms with van der Waals surface area (Å²) in [5.41, 5.74) is 6.41. The third-order valence-electron chi connectivity index (χ3n) is 4.81. The molecule has 142 valence electrons. The first-order chi connectivity index (χ1) is 12.7. The summed E-state index contributed by atoms with van der Waals surface area (Å²) in [5.74, 6) is 2.52. The van der Waals surface area contributed by atoms with Gasteiger partial charge in [-0.1, -0.05) is 12.1 Å². The molecule has 0 bridgehead atoms. The van der Waals surface area contributed by atoms with Gasteiger partial charge in [0.15, 0.2) is 17.5 Å². The number of piperidine rings is 1. The highest BCUT2D eigenvalue weighted by molar-refractivity contribution is 5.80. The van der Waals surface area contributed by atoms with E-state index >= 15 is 0 Å². The highest BCUT2D eigenvalue weighted by Crippen LogP contribution is 2.33. The number of guanidine groups is 1. The average Bonchev–Trinajstić information content (AvgIpc) is 2.88. The minimum Gasteiger partial charge on any atom is -0.490 e. The Labute approximate surface area is 154 Å². The van der Waals surface area contributed by atoms with E-state index in [1.165, 1.54) is 0 Å². The van der Waals surface area contributed by atoms with Crippen molar-refractivity contribution in [3.63, 3.8) is 0 Å². The van der Waals surface area contributed by atoms with E-state index in [4.69, 9.17) is 15.2 Å². The number of likely N-dealkylation sites (tertiary alicyclic amines) is 1. The topological polar surface area (TPSA) is 89.2 Å². The third-order valence-corrected chi connectivity index (χ3v) is 4.81. The SMILES string of the molecule is CN=C(NCc1cccc2c1OCCCO2)N1CCCC(CC(N)=O)C1. The number of benzene rings is 1. The first-order valence-corrected chi connectivity index (χ1v) is 9.28. The largest absolute Gasteiger partial charge is 0.490 e. The van der Waals surface area contributed by atoms with Crippen LogP contribution < -0.4 is 20.5 Å². The Morgan fingerprint density at radius 3 is 3.00 bits per heavy atom. The Morgan fingerprint density at radius 1 is 1.35 bits per heavy atom. The van der Waals surface area contributed by atoms with Gasteiger partial charge >= 0.3 is 0 Å². The Morgan fingerprint density at radius 2 is 2.19 bits per heavy atom. The molecule has 0 aliphatic carbocycles. The van der Waals surface area contributed by atoms with Gasteiger partial charge in [-0.05, 0) is 24.8 Å². The first-order valence-electron chi connectivity index (χ1n) is 9.28. The predicted octanol–water partition coefficient (Wildman–Crippen LogP) is 1.51. The van der Waals surface area contributed by atoms with Crippen LogP contribution in [-0.2, 0) is 11.3 Å². The molecule has 0 radical (unpaired) electrons. The number of fused-ring (bicyclic) bond motifs is 1. The van der Waals surface area contributed by atoms with E-state index in [1.54, 1.807) is 7.05 Å². The van der Waals surface area contributed by atoms with Crippen LogP contribution in [0.4, 0.5) is 0 Å². The lowest BCUT2D eigenvalue weighted by Crippen LogP contribution is -2.46. The van der Waals surface area contributed by atoms with Crippen LogP contribution in [0.3, 0.4) is 0 Å². The number of carbonyl (C=O) groups excluding carboxylic acids is 1. The summed E-state index contributed by atoms with van der Waals surface area (Å²) in [6.45, 7) is 3.69. The number of carbonyl (C=O) groups is 1. The molecular weight excluding hydrogens is 332 g/mol. The molecule has 1 unspecified atom stereocenters. The van der Waals surface area contributed by atoms with E-state index in [-0.39, 0.29) is 5.91 Å². The fraction of sp³-hybridized carbons (Fsp3) is 0.579. The van der Waals surface area contributed by atoms with Crippen LogP contribution in [0, 0.1) is 5.92 Å². The minimum absolute atomic E-state index is 0.232. The number of ether oxygens (including phenoxy) is 2. The summed E-state index contributed by atoms with van der Waals surface area (Å²) in [5, 5.41) is 3.42. The van der Waals surface area contributed by atoms with Gasteiger partial charge < -0.3 is 25.4 Å². The van der Waals surface area contributed by atoms with Crippen molar-refractivity contribution in [2.75, 3.05) is 33.4 Å². The third kappa shape index (κ3) is 4.59. The molecule has 1 fully saturated rings. The van der Waals surface area contributed by atoms with Crippen molar-refractivity contribution < 1.29 is 14.3 Å². The highest BCUT2D eigenvalue weighted by atomic mass is 16.5. The molecule has 0 spiro atoms. The number of nitrogens with one attached hydrogen (secondary N) is 1. The Hall–Kier alpha value is -2.44. The van der Waals surface area contributed by atoms with Crippen molar-refractivity contribution in [1.82, 2.24) is 10.2 Å². The number of rotatable bonds is 4. The van der Waals surface area contributed by atoms with E-state index in [1.807, 2.05) is 18.2 Å². The molecular formula is C19H28N4O3. The number of para-hydroxylation sites is 1. The number of nitrogens with two attached hydrogens (primary N) is 1. The lowest BCUT2D eigenvalue weighted by atomic mass is 9.95. The zero-order valence-electron chi connectivity index (χ0n) is 15.4. The Balaban J connectivity index is 1.64. The van der Waals surface area contributed by atoms with Crippen LogP contribution in [0.25, 0.3) is 0 Å². The van der Waals surface area contributed by atoms with E-state index in [0.717, 1.165) is 55.4 Å². The van der Waals surface area contributed by atoms with Gasteiger partial charge in [-0.15, -0.1) is 0 Å². The monoisotopic (exact) mass is 360 g/mol. The Bertz CT molecular complexity index is 662. The first kappa shape index (κ1) is 18.4. The van der Waals surface area contributed by atoms with Gasteiger partial charge in [-0.2, -0.15) is 0 Å². The molecule has 1 aromatic carbocycles. The maximum Gasteiger partial charge on any atom is 0.217 e. The maximum absolute atomic E-state index is 11.2. The van der Waals surface area contributed by atoms with E-state index in [0.29, 0.717) is 32.1 Å².